The molecular formula is C12H17NO2. The highest BCUT2D eigenvalue weighted by Gasteiger charge is 2.15. The molecule has 0 amide bonds. The topological polar surface area (TPSA) is 52.3 Å². The lowest BCUT2D eigenvalue weighted by Gasteiger charge is -2.11. The minimum atomic E-state index is -0.205. The van der Waals surface area contributed by atoms with Gasteiger partial charge in [-0.1, -0.05) is 37.3 Å². The first-order valence-corrected chi connectivity index (χ1v) is 5.18. The summed E-state index contributed by atoms with van der Waals surface area (Å²) < 4.78 is 5.15. The maximum atomic E-state index is 11.5. The molecule has 1 aromatic rings. The summed E-state index contributed by atoms with van der Waals surface area (Å²) in [5.41, 5.74) is 6.45. The molecule has 1 unspecified atom stereocenters. The van der Waals surface area contributed by atoms with E-state index in [2.05, 4.69) is 0 Å². The summed E-state index contributed by atoms with van der Waals surface area (Å²) in [6, 6.07) is 9.63. The fraction of sp³-hybridized carbons (Fsp3) is 0.417. The van der Waals surface area contributed by atoms with Crippen molar-refractivity contribution >= 4 is 5.97 Å². The number of ether oxygens (including phenoxy) is 1. The van der Waals surface area contributed by atoms with E-state index in [-0.39, 0.29) is 11.9 Å². The molecule has 82 valence electrons. The molecule has 0 aliphatic heterocycles. The normalized spacial score (nSPS) is 12.1. The summed E-state index contributed by atoms with van der Waals surface area (Å²) in [6.07, 6.45) is 0.726. The zero-order valence-corrected chi connectivity index (χ0v) is 8.98. The predicted octanol–water partition coefficient (Wildman–Crippen LogP) is 1.71. The molecule has 0 saturated carbocycles. The monoisotopic (exact) mass is 207 g/mol. The number of benzene rings is 1. The van der Waals surface area contributed by atoms with Crippen molar-refractivity contribution in [3.8, 4) is 0 Å². The van der Waals surface area contributed by atoms with Gasteiger partial charge in [0, 0.05) is 6.54 Å². The van der Waals surface area contributed by atoms with Gasteiger partial charge in [0.2, 0.25) is 0 Å². The predicted molar refractivity (Wildman–Crippen MR) is 59.1 cm³/mol. The molecule has 15 heavy (non-hydrogen) atoms. The fourth-order valence-electron chi connectivity index (χ4n) is 1.28. The Kier molecular flexibility index (Phi) is 4.84. The number of carbonyl (C=O) groups excluding carboxylic acids is 1. The van der Waals surface area contributed by atoms with Crippen LogP contribution in [-0.4, -0.2) is 12.5 Å². The van der Waals surface area contributed by atoms with E-state index >= 15 is 0 Å². The van der Waals surface area contributed by atoms with Crippen molar-refractivity contribution in [2.24, 2.45) is 11.7 Å². The van der Waals surface area contributed by atoms with Crippen LogP contribution in [-0.2, 0) is 16.1 Å². The van der Waals surface area contributed by atoms with Crippen LogP contribution in [0.2, 0.25) is 0 Å². The average Bonchev–Trinajstić information content (AvgIpc) is 2.29. The van der Waals surface area contributed by atoms with E-state index < -0.39 is 0 Å². The molecule has 0 aliphatic carbocycles. The molecule has 0 aromatic heterocycles. The Morgan fingerprint density at radius 3 is 2.60 bits per heavy atom. The smallest absolute Gasteiger partial charge is 0.310 e. The van der Waals surface area contributed by atoms with Crippen molar-refractivity contribution in [3.63, 3.8) is 0 Å². The average molecular weight is 207 g/mol. The Hall–Kier alpha value is -1.35. The largest absolute Gasteiger partial charge is 0.461 e. The van der Waals surface area contributed by atoms with Crippen LogP contribution < -0.4 is 5.73 Å². The maximum Gasteiger partial charge on any atom is 0.310 e. The molecule has 0 bridgehead atoms. The van der Waals surface area contributed by atoms with Crippen molar-refractivity contribution in [1.29, 1.82) is 0 Å². The fourth-order valence-corrected chi connectivity index (χ4v) is 1.28. The molecule has 0 fully saturated rings. The summed E-state index contributed by atoms with van der Waals surface area (Å²) in [4.78, 5) is 11.5. The van der Waals surface area contributed by atoms with E-state index in [4.69, 9.17) is 10.5 Å². The second-order valence-corrected chi connectivity index (χ2v) is 3.43. The van der Waals surface area contributed by atoms with Gasteiger partial charge in [0.05, 0.1) is 5.92 Å². The highest BCUT2D eigenvalue weighted by atomic mass is 16.5. The van der Waals surface area contributed by atoms with Gasteiger partial charge in [0.15, 0.2) is 0 Å². The summed E-state index contributed by atoms with van der Waals surface area (Å²) >= 11 is 0. The lowest BCUT2D eigenvalue weighted by atomic mass is 10.1. The molecule has 0 radical (unpaired) electrons. The van der Waals surface area contributed by atoms with E-state index in [0.717, 1.165) is 12.0 Å². The molecule has 1 aromatic carbocycles. The van der Waals surface area contributed by atoms with Crippen LogP contribution in [0.5, 0.6) is 0 Å². The standard InChI is InChI=1S/C12H17NO2/c1-2-11(8-13)12(14)15-9-10-6-4-3-5-7-10/h3-7,11H,2,8-9,13H2,1H3. The van der Waals surface area contributed by atoms with Crippen LogP contribution in [0.25, 0.3) is 0 Å². The van der Waals surface area contributed by atoms with Crippen molar-refractivity contribution < 1.29 is 9.53 Å². The molecule has 0 spiro atoms. The zero-order valence-electron chi connectivity index (χ0n) is 8.98. The lowest BCUT2D eigenvalue weighted by Crippen LogP contribution is -2.24. The highest BCUT2D eigenvalue weighted by Crippen LogP contribution is 2.06. The molecule has 1 atom stereocenters. The zero-order chi connectivity index (χ0) is 11.1. The van der Waals surface area contributed by atoms with Gasteiger partial charge in [-0.3, -0.25) is 4.79 Å². The Morgan fingerprint density at radius 2 is 2.07 bits per heavy atom. The van der Waals surface area contributed by atoms with Gasteiger partial charge in [0.1, 0.15) is 6.61 Å². The summed E-state index contributed by atoms with van der Waals surface area (Å²) in [5.74, 6) is -0.377. The van der Waals surface area contributed by atoms with Crippen LogP contribution in [0.1, 0.15) is 18.9 Å². The van der Waals surface area contributed by atoms with Crippen molar-refractivity contribution in [2.45, 2.75) is 20.0 Å². The van der Waals surface area contributed by atoms with Gasteiger partial charge in [-0.15, -0.1) is 0 Å². The van der Waals surface area contributed by atoms with Crippen molar-refractivity contribution in [1.82, 2.24) is 0 Å². The Bertz CT molecular complexity index is 294. The van der Waals surface area contributed by atoms with Gasteiger partial charge in [-0.25, -0.2) is 0 Å². The first-order chi connectivity index (χ1) is 7.27. The van der Waals surface area contributed by atoms with Crippen molar-refractivity contribution in [2.75, 3.05) is 6.54 Å². The molecule has 0 heterocycles. The maximum absolute atomic E-state index is 11.5. The third-order valence-corrected chi connectivity index (χ3v) is 2.33. The second kappa shape index (κ2) is 6.19. The van der Waals surface area contributed by atoms with E-state index in [0.29, 0.717) is 13.2 Å². The molecule has 0 aliphatic rings. The van der Waals surface area contributed by atoms with Crippen LogP contribution in [0.4, 0.5) is 0 Å². The van der Waals surface area contributed by atoms with Crippen LogP contribution in [0, 0.1) is 5.92 Å². The van der Waals surface area contributed by atoms with E-state index in [1.54, 1.807) is 0 Å². The van der Waals surface area contributed by atoms with Crippen LogP contribution in [0.3, 0.4) is 0 Å². The third-order valence-electron chi connectivity index (χ3n) is 2.33. The minimum Gasteiger partial charge on any atom is -0.461 e. The molecule has 1 rings (SSSR count). The van der Waals surface area contributed by atoms with E-state index in [1.807, 2.05) is 37.3 Å². The van der Waals surface area contributed by atoms with E-state index in [9.17, 15) is 4.79 Å². The quantitative estimate of drug-likeness (QED) is 0.748. The van der Waals surface area contributed by atoms with E-state index in [1.165, 1.54) is 0 Å². The Morgan fingerprint density at radius 1 is 1.40 bits per heavy atom. The summed E-state index contributed by atoms with van der Waals surface area (Å²) in [7, 11) is 0. The number of carbonyl (C=O) groups is 1. The number of hydrogen-bond acceptors (Lipinski definition) is 3. The number of hydrogen-bond donors (Lipinski definition) is 1. The van der Waals surface area contributed by atoms with Crippen molar-refractivity contribution in [3.05, 3.63) is 35.9 Å². The summed E-state index contributed by atoms with van der Waals surface area (Å²) in [6.45, 7) is 2.61. The third kappa shape index (κ3) is 3.72. The van der Waals surface area contributed by atoms with Gasteiger partial charge in [0.25, 0.3) is 0 Å². The van der Waals surface area contributed by atoms with Crippen LogP contribution in [0.15, 0.2) is 30.3 Å². The first kappa shape index (κ1) is 11.7. The van der Waals surface area contributed by atoms with Gasteiger partial charge < -0.3 is 10.5 Å². The number of esters is 1. The Balaban J connectivity index is 2.40. The molecule has 3 nitrogen and oxygen atoms in total. The second-order valence-electron chi connectivity index (χ2n) is 3.43. The van der Waals surface area contributed by atoms with Gasteiger partial charge in [-0.05, 0) is 12.0 Å². The Labute approximate surface area is 90.2 Å². The first-order valence-electron chi connectivity index (χ1n) is 5.18. The lowest BCUT2D eigenvalue weighted by molar-refractivity contribution is -0.149. The minimum absolute atomic E-state index is 0.172. The molecule has 0 saturated heterocycles. The molecule has 3 heteroatoms. The molecular weight excluding hydrogens is 190 g/mol. The van der Waals surface area contributed by atoms with Gasteiger partial charge in [-0.2, -0.15) is 0 Å². The SMILES string of the molecule is CCC(CN)C(=O)OCc1ccccc1. The number of rotatable bonds is 5. The van der Waals surface area contributed by atoms with Gasteiger partial charge >= 0.3 is 5.97 Å². The highest BCUT2D eigenvalue weighted by molar-refractivity contribution is 5.72. The van der Waals surface area contributed by atoms with Crippen LogP contribution >= 0.6 is 0 Å². The number of nitrogens with two attached hydrogens (primary N) is 1. The summed E-state index contributed by atoms with van der Waals surface area (Å²) in [5, 5.41) is 0. The molecule has 2 N–H and O–H groups in total.